The zero-order valence-electron chi connectivity index (χ0n) is 13.4. The topological polar surface area (TPSA) is 46.5 Å². The molecule has 0 aliphatic rings. The van der Waals surface area contributed by atoms with Crippen molar-refractivity contribution >= 4 is 16.6 Å². The van der Waals surface area contributed by atoms with Crippen LogP contribution in [0.25, 0.3) is 21.9 Å². The summed E-state index contributed by atoms with van der Waals surface area (Å²) in [5, 5.41) is 11.5. The van der Waals surface area contributed by atoms with E-state index in [2.05, 4.69) is 0 Å². The molecule has 3 aromatic carbocycles. The van der Waals surface area contributed by atoms with Gasteiger partial charge in [0.1, 0.15) is 17.7 Å². The van der Waals surface area contributed by atoms with Crippen LogP contribution in [0, 0.1) is 5.82 Å². The minimum atomic E-state index is -1.24. The summed E-state index contributed by atoms with van der Waals surface area (Å²) in [4.78, 5) is 11.9. The van der Waals surface area contributed by atoms with Crippen molar-refractivity contribution in [1.82, 2.24) is 0 Å². The summed E-state index contributed by atoms with van der Waals surface area (Å²) in [6, 6.07) is 15.9. The van der Waals surface area contributed by atoms with Crippen molar-refractivity contribution < 1.29 is 19.0 Å². The van der Waals surface area contributed by atoms with Crippen LogP contribution < -0.4 is 4.74 Å². The number of ketones is 1. The third-order valence-electron chi connectivity index (χ3n) is 3.99. The van der Waals surface area contributed by atoms with E-state index in [1.54, 1.807) is 13.2 Å². The largest absolute Gasteiger partial charge is 0.497 e. The van der Waals surface area contributed by atoms with Gasteiger partial charge in [0.25, 0.3) is 0 Å². The Morgan fingerprint density at radius 3 is 2.33 bits per heavy atom. The van der Waals surface area contributed by atoms with Crippen molar-refractivity contribution in [2.45, 2.75) is 13.0 Å². The molecule has 24 heavy (non-hydrogen) atoms. The van der Waals surface area contributed by atoms with Crippen molar-refractivity contribution in [1.29, 1.82) is 0 Å². The van der Waals surface area contributed by atoms with Gasteiger partial charge in [-0.25, -0.2) is 4.39 Å². The highest BCUT2D eigenvalue weighted by molar-refractivity contribution is 6.00. The normalized spacial score (nSPS) is 12.2. The van der Waals surface area contributed by atoms with E-state index in [9.17, 15) is 14.3 Å². The molecule has 0 aromatic heterocycles. The maximum Gasteiger partial charge on any atom is 0.193 e. The quantitative estimate of drug-likeness (QED) is 0.731. The van der Waals surface area contributed by atoms with Gasteiger partial charge in [-0.2, -0.15) is 0 Å². The molecule has 1 N–H and O–H groups in total. The lowest BCUT2D eigenvalue weighted by molar-refractivity contribution is 0.0775. The maximum atomic E-state index is 13.9. The van der Waals surface area contributed by atoms with Gasteiger partial charge < -0.3 is 9.84 Å². The second kappa shape index (κ2) is 6.42. The Labute approximate surface area is 139 Å². The first kappa shape index (κ1) is 16.1. The molecule has 1 atom stereocenters. The molecule has 0 radical (unpaired) electrons. The molecule has 0 fully saturated rings. The molecule has 0 aliphatic heterocycles. The number of methoxy groups -OCH3 is 1. The molecule has 122 valence electrons. The SMILES string of the molecule is COc1ccc2cc(-c3ccc(F)c(C(=O)C(C)O)c3)ccc2c1. The number of halogens is 1. The predicted molar refractivity (Wildman–Crippen MR) is 91.9 cm³/mol. The van der Waals surface area contributed by atoms with Gasteiger partial charge in [0.15, 0.2) is 5.78 Å². The van der Waals surface area contributed by atoms with E-state index < -0.39 is 17.7 Å². The van der Waals surface area contributed by atoms with Crippen LogP contribution >= 0.6 is 0 Å². The Balaban J connectivity index is 2.07. The number of aliphatic hydroxyl groups excluding tert-OH is 1. The smallest absolute Gasteiger partial charge is 0.193 e. The molecular formula is C20H17FO3. The average molecular weight is 324 g/mol. The standard InChI is InChI=1S/C20H17FO3/c1-12(22)20(23)18-11-16(6-8-19(18)21)13-3-4-15-10-17(24-2)7-5-14(15)9-13/h3-12,22H,1-2H3. The summed E-state index contributed by atoms with van der Waals surface area (Å²) >= 11 is 0. The zero-order chi connectivity index (χ0) is 17.3. The Morgan fingerprint density at radius 1 is 1.00 bits per heavy atom. The van der Waals surface area contributed by atoms with Gasteiger partial charge in [0, 0.05) is 0 Å². The molecule has 0 saturated carbocycles. The summed E-state index contributed by atoms with van der Waals surface area (Å²) in [7, 11) is 1.62. The molecule has 0 heterocycles. The highest BCUT2D eigenvalue weighted by atomic mass is 19.1. The molecule has 3 rings (SSSR count). The monoisotopic (exact) mass is 324 g/mol. The Hall–Kier alpha value is -2.72. The number of aliphatic hydroxyl groups is 1. The minimum absolute atomic E-state index is 0.0997. The van der Waals surface area contributed by atoms with Crippen LogP contribution in [0.5, 0.6) is 5.75 Å². The summed E-state index contributed by atoms with van der Waals surface area (Å²) < 4.78 is 19.1. The maximum absolute atomic E-state index is 13.9. The number of fused-ring (bicyclic) bond motifs is 1. The fourth-order valence-electron chi connectivity index (χ4n) is 2.65. The number of ether oxygens (including phenoxy) is 1. The lowest BCUT2D eigenvalue weighted by Gasteiger charge is -2.09. The Kier molecular flexibility index (Phi) is 4.32. The first-order valence-corrected chi connectivity index (χ1v) is 7.59. The van der Waals surface area contributed by atoms with Crippen LogP contribution in [0.4, 0.5) is 4.39 Å². The third kappa shape index (κ3) is 3.01. The van der Waals surface area contributed by atoms with E-state index in [0.29, 0.717) is 0 Å². The lowest BCUT2D eigenvalue weighted by atomic mass is 9.97. The molecule has 3 nitrogen and oxygen atoms in total. The molecule has 3 aromatic rings. The van der Waals surface area contributed by atoms with Crippen molar-refractivity contribution in [2.24, 2.45) is 0 Å². The first-order chi connectivity index (χ1) is 11.5. The predicted octanol–water partition coefficient (Wildman–Crippen LogP) is 4.22. The Morgan fingerprint density at radius 2 is 1.62 bits per heavy atom. The van der Waals surface area contributed by atoms with Crippen molar-refractivity contribution in [3.8, 4) is 16.9 Å². The number of rotatable bonds is 4. The van der Waals surface area contributed by atoms with Crippen LogP contribution in [0.2, 0.25) is 0 Å². The number of carbonyl (C=O) groups is 1. The van der Waals surface area contributed by atoms with Crippen LogP contribution in [-0.4, -0.2) is 24.1 Å². The number of benzene rings is 3. The summed E-state index contributed by atoms with van der Waals surface area (Å²) in [6.45, 7) is 1.33. The highest BCUT2D eigenvalue weighted by Crippen LogP contribution is 2.28. The van der Waals surface area contributed by atoms with E-state index in [1.165, 1.54) is 19.1 Å². The van der Waals surface area contributed by atoms with E-state index in [-0.39, 0.29) is 5.56 Å². The van der Waals surface area contributed by atoms with Gasteiger partial charge in [-0.3, -0.25) is 4.79 Å². The van der Waals surface area contributed by atoms with Gasteiger partial charge >= 0.3 is 0 Å². The average Bonchev–Trinajstić information content (AvgIpc) is 2.60. The van der Waals surface area contributed by atoms with Crippen LogP contribution in [0.3, 0.4) is 0 Å². The van der Waals surface area contributed by atoms with Crippen LogP contribution in [-0.2, 0) is 0 Å². The minimum Gasteiger partial charge on any atom is -0.497 e. The van der Waals surface area contributed by atoms with E-state index in [1.807, 2.05) is 36.4 Å². The fourth-order valence-corrected chi connectivity index (χ4v) is 2.65. The first-order valence-electron chi connectivity index (χ1n) is 7.59. The summed E-state index contributed by atoms with van der Waals surface area (Å²) in [5.74, 6) is -0.475. The van der Waals surface area contributed by atoms with Crippen LogP contribution in [0.1, 0.15) is 17.3 Å². The molecule has 0 aliphatic carbocycles. The van der Waals surface area contributed by atoms with Crippen LogP contribution in [0.15, 0.2) is 54.6 Å². The van der Waals surface area contributed by atoms with Crippen molar-refractivity contribution in [3.63, 3.8) is 0 Å². The van der Waals surface area contributed by atoms with Gasteiger partial charge in [0.2, 0.25) is 0 Å². The Bertz CT molecular complexity index is 916. The number of hydrogen-bond donors (Lipinski definition) is 1. The molecule has 0 spiro atoms. The highest BCUT2D eigenvalue weighted by Gasteiger charge is 2.17. The molecular weight excluding hydrogens is 307 g/mol. The fraction of sp³-hybridized carbons (Fsp3) is 0.150. The molecule has 0 amide bonds. The molecule has 0 bridgehead atoms. The van der Waals surface area contributed by atoms with Gasteiger partial charge in [-0.05, 0) is 59.2 Å². The molecule has 0 saturated heterocycles. The zero-order valence-corrected chi connectivity index (χ0v) is 13.4. The number of carbonyl (C=O) groups excluding carboxylic acids is 1. The van der Waals surface area contributed by atoms with Gasteiger partial charge in [0.05, 0.1) is 12.7 Å². The van der Waals surface area contributed by atoms with Gasteiger partial charge in [-0.1, -0.05) is 24.3 Å². The van der Waals surface area contributed by atoms with Crippen molar-refractivity contribution in [2.75, 3.05) is 7.11 Å². The summed E-state index contributed by atoms with van der Waals surface area (Å²) in [5.41, 5.74) is 1.49. The van der Waals surface area contributed by atoms with Crippen molar-refractivity contribution in [3.05, 3.63) is 66.0 Å². The molecule has 1 unspecified atom stereocenters. The second-order valence-corrected chi connectivity index (χ2v) is 5.66. The number of hydrogen-bond acceptors (Lipinski definition) is 3. The number of Topliss-reactive ketones (excluding diaryl/α,β-unsaturated/α-hetero) is 1. The van der Waals surface area contributed by atoms with Gasteiger partial charge in [-0.15, -0.1) is 0 Å². The van der Waals surface area contributed by atoms with E-state index in [4.69, 9.17) is 4.74 Å². The summed E-state index contributed by atoms with van der Waals surface area (Å²) in [6.07, 6.45) is -1.24. The molecule has 4 heteroatoms. The van der Waals surface area contributed by atoms with E-state index >= 15 is 0 Å². The second-order valence-electron chi connectivity index (χ2n) is 5.66. The third-order valence-corrected chi connectivity index (χ3v) is 3.99. The lowest BCUT2D eigenvalue weighted by Crippen LogP contribution is -2.17. The van der Waals surface area contributed by atoms with E-state index in [0.717, 1.165) is 27.6 Å².